The average molecular weight is 452 g/mol. The van der Waals surface area contributed by atoms with E-state index in [1.165, 1.54) is 12.0 Å². The van der Waals surface area contributed by atoms with Crippen molar-refractivity contribution in [3.8, 4) is 0 Å². The molecule has 1 unspecified atom stereocenters. The van der Waals surface area contributed by atoms with Gasteiger partial charge in [0.05, 0.1) is 12.3 Å². The third-order valence-electron chi connectivity index (χ3n) is 4.89. The van der Waals surface area contributed by atoms with E-state index in [2.05, 4.69) is 9.69 Å². The van der Waals surface area contributed by atoms with Gasteiger partial charge in [0.25, 0.3) is 17.7 Å². The number of nitrogens with zero attached hydrogens (tertiary/aromatic N) is 2. The van der Waals surface area contributed by atoms with Crippen LogP contribution in [0.4, 0.5) is 5.69 Å². The Kier molecular flexibility index (Phi) is 7.80. The number of nitrogen functional groups attached to an aromatic ring is 1. The first kappa shape index (κ1) is 24.4. The number of aromatic nitrogens is 1. The van der Waals surface area contributed by atoms with Crippen LogP contribution >= 0.6 is 11.5 Å². The molecule has 0 fully saturated rings. The SMILES string of the molecule is CCC(C)(C)NC(=O)C(c1ccc(C)o1)N(CCOC)C(=O)c1snc(C(N)=O)c1N. The van der Waals surface area contributed by atoms with Gasteiger partial charge in [-0.25, -0.2) is 0 Å². The summed E-state index contributed by atoms with van der Waals surface area (Å²) in [4.78, 5) is 39.6. The lowest BCUT2D eigenvalue weighted by molar-refractivity contribution is -0.128. The van der Waals surface area contributed by atoms with Crippen LogP contribution in [0.2, 0.25) is 0 Å². The molecule has 1 atom stereocenters. The van der Waals surface area contributed by atoms with Gasteiger partial charge in [-0.3, -0.25) is 14.4 Å². The number of nitrogens with one attached hydrogen (secondary N) is 1. The lowest BCUT2D eigenvalue weighted by Gasteiger charge is -2.33. The first-order chi connectivity index (χ1) is 14.5. The van der Waals surface area contributed by atoms with Gasteiger partial charge in [0.2, 0.25) is 0 Å². The first-order valence-electron chi connectivity index (χ1n) is 9.75. The second-order valence-electron chi connectivity index (χ2n) is 7.71. The molecular formula is C20H29N5O5S. The van der Waals surface area contributed by atoms with Crippen LogP contribution in [0.5, 0.6) is 0 Å². The molecule has 0 spiro atoms. The maximum atomic E-state index is 13.5. The third-order valence-corrected chi connectivity index (χ3v) is 5.74. The summed E-state index contributed by atoms with van der Waals surface area (Å²) in [5, 5.41) is 2.96. The summed E-state index contributed by atoms with van der Waals surface area (Å²) in [6, 6.07) is 2.28. The summed E-state index contributed by atoms with van der Waals surface area (Å²) in [5.41, 5.74) is 10.4. The third kappa shape index (κ3) is 5.61. The number of primary amides is 1. The Hall–Kier alpha value is -2.92. The summed E-state index contributed by atoms with van der Waals surface area (Å²) in [5.74, 6) is -0.941. The molecule has 0 aliphatic carbocycles. The van der Waals surface area contributed by atoms with Crippen molar-refractivity contribution in [2.75, 3.05) is 26.0 Å². The van der Waals surface area contributed by atoms with E-state index < -0.39 is 29.3 Å². The number of carbonyl (C=O) groups excluding carboxylic acids is 3. The molecule has 10 nitrogen and oxygen atoms in total. The Morgan fingerprint density at radius 2 is 2.03 bits per heavy atom. The molecule has 2 heterocycles. The smallest absolute Gasteiger partial charge is 0.270 e. The normalized spacial score (nSPS) is 12.4. The first-order valence-corrected chi connectivity index (χ1v) is 10.5. The van der Waals surface area contributed by atoms with Crippen LogP contribution in [-0.2, 0) is 9.53 Å². The quantitative estimate of drug-likeness (QED) is 0.498. The molecule has 3 amide bonds. The highest BCUT2D eigenvalue weighted by Crippen LogP contribution is 2.30. The Balaban J connectivity index is 2.53. The topological polar surface area (TPSA) is 154 Å². The molecule has 11 heteroatoms. The number of aryl methyl sites for hydroxylation is 1. The molecule has 0 radical (unpaired) electrons. The second kappa shape index (κ2) is 9.92. The maximum Gasteiger partial charge on any atom is 0.270 e. The van der Waals surface area contributed by atoms with Crippen molar-refractivity contribution in [3.05, 3.63) is 34.2 Å². The van der Waals surface area contributed by atoms with Crippen molar-refractivity contribution in [1.29, 1.82) is 0 Å². The van der Waals surface area contributed by atoms with E-state index in [0.717, 1.165) is 11.5 Å². The molecule has 0 aromatic carbocycles. The highest BCUT2D eigenvalue weighted by atomic mass is 32.1. The van der Waals surface area contributed by atoms with E-state index in [9.17, 15) is 14.4 Å². The number of rotatable bonds is 10. The fraction of sp³-hybridized carbons (Fsp3) is 0.500. The molecule has 170 valence electrons. The monoisotopic (exact) mass is 451 g/mol. The molecule has 0 aliphatic heterocycles. The van der Waals surface area contributed by atoms with Crippen molar-refractivity contribution in [2.45, 2.75) is 45.7 Å². The van der Waals surface area contributed by atoms with E-state index in [0.29, 0.717) is 17.9 Å². The number of hydrogen-bond acceptors (Lipinski definition) is 8. The predicted octanol–water partition coefficient (Wildman–Crippen LogP) is 1.86. The van der Waals surface area contributed by atoms with Crippen LogP contribution in [0.15, 0.2) is 16.5 Å². The number of hydrogen-bond donors (Lipinski definition) is 3. The largest absolute Gasteiger partial charge is 0.464 e. The Labute approximate surface area is 185 Å². The summed E-state index contributed by atoms with van der Waals surface area (Å²) < 4.78 is 14.8. The van der Waals surface area contributed by atoms with Crippen molar-refractivity contribution >= 4 is 34.9 Å². The van der Waals surface area contributed by atoms with E-state index in [1.807, 2.05) is 20.8 Å². The number of carbonyl (C=O) groups is 3. The minimum atomic E-state index is -1.08. The molecule has 0 bridgehead atoms. The molecule has 5 N–H and O–H groups in total. The standard InChI is InChI=1S/C20H29N5O5S/c1-6-20(3,4)23-18(27)15(12-8-7-11(2)30-12)25(9-10-29-5)19(28)16-13(21)14(17(22)26)24-31-16/h7-8,15H,6,9-10,21H2,1-5H3,(H2,22,26)(H,23,27). The fourth-order valence-corrected chi connectivity index (χ4v) is 3.57. The summed E-state index contributed by atoms with van der Waals surface area (Å²) in [6.45, 7) is 7.70. The van der Waals surface area contributed by atoms with Crippen LogP contribution in [0.25, 0.3) is 0 Å². The zero-order valence-corrected chi connectivity index (χ0v) is 19.2. The maximum absolute atomic E-state index is 13.5. The van der Waals surface area contributed by atoms with Crippen LogP contribution in [0.3, 0.4) is 0 Å². The number of anilines is 1. The van der Waals surface area contributed by atoms with Crippen LogP contribution < -0.4 is 16.8 Å². The van der Waals surface area contributed by atoms with Gasteiger partial charge in [-0.15, -0.1) is 0 Å². The summed E-state index contributed by atoms with van der Waals surface area (Å²) in [7, 11) is 1.49. The lowest BCUT2D eigenvalue weighted by atomic mass is 10.0. The Bertz CT molecular complexity index is 952. The highest BCUT2D eigenvalue weighted by molar-refractivity contribution is 7.09. The van der Waals surface area contributed by atoms with Crippen molar-refractivity contribution < 1.29 is 23.5 Å². The van der Waals surface area contributed by atoms with Gasteiger partial charge < -0.3 is 30.8 Å². The molecule has 31 heavy (non-hydrogen) atoms. The molecule has 2 aromatic rings. The Morgan fingerprint density at radius 1 is 1.35 bits per heavy atom. The molecule has 0 aliphatic rings. The number of furan rings is 1. The predicted molar refractivity (Wildman–Crippen MR) is 117 cm³/mol. The van der Waals surface area contributed by atoms with Gasteiger partial charge in [0.15, 0.2) is 11.7 Å². The van der Waals surface area contributed by atoms with Gasteiger partial charge in [-0.1, -0.05) is 6.92 Å². The van der Waals surface area contributed by atoms with Gasteiger partial charge >= 0.3 is 0 Å². The van der Waals surface area contributed by atoms with E-state index >= 15 is 0 Å². The van der Waals surface area contributed by atoms with Crippen molar-refractivity contribution in [3.63, 3.8) is 0 Å². The second-order valence-corrected chi connectivity index (χ2v) is 8.48. The van der Waals surface area contributed by atoms with Gasteiger partial charge in [-0.05, 0) is 50.9 Å². The van der Waals surface area contributed by atoms with Crippen molar-refractivity contribution in [1.82, 2.24) is 14.6 Å². The van der Waals surface area contributed by atoms with Crippen LogP contribution in [0, 0.1) is 6.92 Å². The van der Waals surface area contributed by atoms with Gasteiger partial charge in [-0.2, -0.15) is 4.37 Å². The average Bonchev–Trinajstić information content (AvgIpc) is 3.29. The number of methoxy groups -OCH3 is 1. The number of nitrogens with two attached hydrogens (primary N) is 2. The lowest BCUT2D eigenvalue weighted by Crippen LogP contribution is -2.50. The fourth-order valence-electron chi connectivity index (χ4n) is 2.81. The minimum absolute atomic E-state index is 0.0146. The van der Waals surface area contributed by atoms with Gasteiger partial charge in [0, 0.05) is 19.2 Å². The number of ether oxygens (including phenoxy) is 1. The van der Waals surface area contributed by atoms with E-state index in [4.69, 9.17) is 20.6 Å². The van der Waals surface area contributed by atoms with Crippen LogP contribution in [0.1, 0.15) is 64.9 Å². The zero-order chi connectivity index (χ0) is 23.3. The molecule has 2 aromatic heterocycles. The molecule has 2 rings (SSSR count). The molecule has 0 saturated carbocycles. The molecular weight excluding hydrogens is 422 g/mol. The van der Waals surface area contributed by atoms with Crippen molar-refractivity contribution in [2.24, 2.45) is 5.73 Å². The summed E-state index contributed by atoms with van der Waals surface area (Å²) >= 11 is 0.751. The summed E-state index contributed by atoms with van der Waals surface area (Å²) in [6.07, 6.45) is 0.679. The molecule has 0 saturated heterocycles. The van der Waals surface area contributed by atoms with Crippen LogP contribution in [-0.4, -0.2) is 52.8 Å². The highest BCUT2D eigenvalue weighted by Gasteiger charge is 2.38. The van der Waals surface area contributed by atoms with E-state index in [-0.39, 0.29) is 29.4 Å². The minimum Gasteiger partial charge on any atom is -0.464 e. The number of amides is 3. The zero-order valence-electron chi connectivity index (χ0n) is 18.4. The van der Waals surface area contributed by atoms with Gasteiger partial charge in [0.1, 0.15) is 16.4 Å². The Morgan fingerprint density at radius 3 is 2.52 bits per heavy atom. The van der Waals surface area contributed by atoms with E-state index in [1.54, 1.807) is 19.1 Å².